The summed E-state index contributed by atoms with van der Waals surface area (Å²) >= 11 is 0. The molecule has 0 aliphatic heterocycles. The molecule has 2 aliphatic rings. The van der Waals surface area contributed by atoms with Gasteiger partial charge in [0.15, 0.2) is 0 Å². The lowest BCUT2D eigenvalue weighted by molar-refractivity contribution is 0.165. The van der Waals surface area contributed by atoms with Crippen LogP contribution in [0, 0.1) is 11.3 Å². The van der Waals surface area contributed by atoms with Crippen LogP contribution in [0.1, 0.15) is 43.8 Å². The zero-order valence-electron chi connectivity index (χ0n) is 10.9. The van der Waals surface area contributed by atoms with Crippen LogP contribution < -0.4 is 5.32 Å². The summed E-state index contributed by atoms with van der Waals surface area (Å²) in [4.78, 5) is 0. The van der Waals surface area contributed by atoms with E-state index in [9.17, 15) is 5.11 Å². The van der Waals surface area contributed by atoms with E-state index in [-0.39, 0.29) is 6.10 Å². The number of rotatable bonds is 7. The van der Waals surface area contributed by atoms with Gasteiger partial charge in [-0.25, -0.2) is 0 Å². The van der Waals surface area contributed by atoms with Crippen molar-refractivity contribution in [1.82, 2.24) is 5.32 Å². The molecule has 1 atom stereocenters. The van der Waals surface area contributed by atoms with Gasteiger partial charge in [0.25, 0.3) is 0 Å². The quantitative estimate of drug-likeness (QED) is 0.724. The van der Waals surface area contributed by atoms with Gasteiger partial charge in [-0.2, -0.15) is 0 Å². The molecule has 0 spiro atoms. The van der Waals surface area contributed by atoms with Crippen LogP contribution in [-0.4, -0.2) is 18.2 Å². The Morgan fingerprint density at radius 1 is 1.22 bits per heavy atom. The molecule has 98 valence electrons. The minimum absolute atomic E-state index is 0.324. The molecule has 3 rings (SSSR count). The summed E-state index contributed by atoms with van der Waals surface area (Å²) in [5, 5.41) is 13.6. The van der Waals surface area contributed by atoms with Gasteiger partial charge in [0, 0.05) is 6.54 Å². The molecule has 0 radical (unpaired) electrons. The van der Waals surface area contributed by atoms with Crippen LogP contribution in [-0.2, 0) is 0 Å². The minimum atomic E-state index is -0.324. The first kappa shape index (κ1) is 12.2. The fourth-order valence-electron chi connectivity index (χ4n) is 3.00. The lowest BCUT2D eigenvalue weighted by atomic mass is 10.0. The van der Waals surface area contributed by atoms with Gasteiger partial charge in [-0.1, -0.05) is 30.3 Å². The Balaban J connectivity index is 1.37. The Morgan fingerprint density at radius 2 is 1.94 bits per heavy atom. The topological polar surface area (TPSA) is 32.3 Å². The van der Waals surface area contributed by atoms with Crippen molar-refractivity contribution in [3.63, 3.8) is 0 Å². The van der Waals surface area contributed by atoms with E-state index >= 15 is 0 Å². The molecular weight excluding hydrogens is 222 g/mol. The van der Waals surface area contributed by atoms with Crippen molar-refractivity contribution in [3.8, 4) is 0 Å². The smallest absolute Gasteiger partial charge is 0.0802 e. The molecule has 0 aromatic heterocycles. The molecular formula is C16H23NO. The predicted octanol–water partition coefficient (Wildman–Crippen LogP) is 2.89. The second-order valence-corrected chi connectivity index (χ2v) is 6.03. The van der Waals surface area contributed by atoms with Crippen LogP contribution in [0.3, 0.4) is 0 Å². The maximum absolute atomic E-state index is 10.0. The first-order chi connectivity index (χ1) is 8.80. The Morgan fingerprint density at radius 3 is 2.56 bits per heavy atom. The second kappa shape index (κ2) is 5.02. The molecule has 1 aromatic rings. The number of hydrogen-bond donors (Lipinski definition) is 2. The van der Waals surface area contributed by atoms with Crippen LogP contribution in [0.25, 0.3) is 0 Å². The van der Waals surface area contributed by atoms with Gasteiger partial charge in [-0.3, -0.25) is 0 Å². The average molecular weight is 245 g/mol. The lowest BCUT2D eigenvalue weighted by Gasteiger charge is -2.16. The Hall–Kier alpha value is -0.860. The molecule has 0 heterocycles. The molecule has 18 heavy (non-hydrogen) atoms. The van der Waals surface area contributed by atoms with E-state index in [1.807, 2.05) is 30.3 Å². The van der Waals surface area contributed by atoms with Crippen LogP contribution in [0.4, 0.5) is 0 Å². The molecule has 2 heteroatoms. The standard InChI is InChI=1S/C16H23NO/c18-15(13-4-2-1-3-5-13)8-11-17-12-16(9-10-16)14-6-7-14/h1-5,14-15,17-18H,6-12H2/t15-/m1/s1. The highest BCUT2D eigenvalue weighted by molar-refractivity contribution is 5.17. The van der Waals surface area contributed by atoms with Crippen LogP contribution in [0.15, 0.2) is 30.3 Å². The molecule has 0 saturated heterocycles. The van der Waals surface area contributed by atoms with Crippen molar-refractivity contribution in [2.45, 2.75) is 38.2 Å². The van der Waals surface area contributed by atoms with Crippen LogP contribution in [0.5, 0.6) is 0 Å². The van der Waals surface area contributed by atoms with E-state index in [1.54, 1.807) is 0 Å². The summed E-state index contributed by atoms with van der Waals surface area (Å²) in [5.74, 6) is 1.02. The number of hydrogen-bond acceptors (Lipinski definition) is 2. The maximum Gasteiger partial charge on any atom is 0.0802 e. The molecule has 0 amide bonds. The van der Waals surface area contributed by atoms with Crippen molar-refractivity contribution in [2.24, 2.45) is 11.3 Å². The SMILES string of the molecule is O[C@H](CCNCC1(C2CC2)CC1)c1ccccc1. The molecule has 2 aliphatic carbocycles. The zero-order chi connectivity index (χ0) is 12.4. The van der Waals surface area contributed by atoms with Gasteiger partial charge in [-0.15, -0.1) is 0 Å². The van der Waals surface area contributed by atoms with E-state index in [1.165, 1.54) is 32.2 Å². The summed E-state index contributed by atoms with van der Waals surface area (Å²) in [6, 6.07) is 9.95. The minimum Gasteiger partial charge on any atom is -0.388 e. The molecule has 2 nitrogen and oxygen atoms in total. The van der Waals surface area contributed by atoms with E-state index < -0.39 is 0 Å². The summed E-state index contributed by atoms with van der Waals surface area (Å²) in [5.41, 5.74) is 1.69. The van der Waals surface area contributed by atoms with E-state index in [2.05, 4.69) is 5.32 Å². The van der Waals surface area contributed by atoms with Gasteiger partial charge >= 0.3 is 0 Å². The molecule has 0 unspecified atom stereocenters. The summed E-state index contributed by atoms with van der Waals surface area (Å²) in [7, 11) is 0. The first-order valence-electron chi connectivity index (χ1n) is 7.24. The van der Waals surface area contributed by atoms with Crippen molar-refractivity contribution in [2.75, 3.05) is 13.1 Å². The highest BCUT2D eigenvalue weighted by Gasteiger charge is 2.53. The fourth-order valence-corrected chi connectivity index (χ4v) is 3.00. The summed E-state index contributed by atoms with van der Waals surface area (Å²) < 4.78 is 0. The number of aliphatic hydroxyl groups is 1. The van der Waals surface area contributed by atoms with Gasteiger partial charge in [0.05, 0.1) is 6.10 Å². The predicted molar refractivity (Wildman–Crippen MR) is 73.3 cm³/mol. The highest BCUT2D eigenvalue weighted by atomic mass is 16.3. The third kappa shape index (κ3) is 2.76. The van der Waals surface area contributed by atoms with Gasteiger partial charge in [-0.05, 0) is 55.5 Å². The first-order valence-corrected chi connectivity index (χ1v) is 7.24. The van der Waals surface area contributed by atoms with Crippen molar-refractivity contribution in [3.05, 3.63) is 35.9 Å². The normalized spacial score (nSPS) is 22.7. The third-order valence-electron chi connectivity index (χ3n) is 4.59. The monoisotopic (exact) mass is 245 g/mol. The van der Waals surface area contributed by atoms with Crippen LogP contribution >= 0.6 is 0 Å². The molecule has 2 fully saturated rings. The van der Waals surface area contributed by atoms with Gasteiger partial charge in [0.1, 0.15) is 0 Å². The van der Waals surface area contributed by atoms with E-state index in [4.69, 9.17) is 0 Å². The molecule has 0 bridgehead atoms. The summed E-state index contributed by atoms with van der Waals surface area (Å²) in [6.45, 7) is 2.09. The Labute approximate surface area is 109 Å². The third-order valence-corrected chi connectivity index (χ3v) is 4.59. The average Bonchev–Trinajstić information content (AvgIpc) is 3.28. The van der Waals surface area contributed by atoms with Crippen molar-refractivity contribution < 1.29 is 5.11 Å². The van der Waals surface area contributed by atoms with Crippen LogP contribution in [0.2, 0.25) is 0 Å². The van der Waals surface area contributed by atoms with Crippen molar-refractivity contribution in [1.29, 1.82) is 0 Å². The number of aliphatic hydroxyl groups excluding tert-OH is 1. The molecule has 2 N–H and O–H groups in total. The fraction of sp³-hybridized carbons (Fsp3) is 0.625. The molecule has 1 aromatic carbocycles. The van der Waals surface area contributed by atoms with Gasteiger partial charge < -0.3 is 10.4 Å². The molecule has 2 saturated carbocycles. The number of nitrogens with one attached hydrogen (secondary N) is 1. The van der Waals surface area contributed by atoms with E-state index in [0.717, 1.165) is 24.4 Å². The number of benzene rings is 1. The van der Waals surface area contributed by atoms with Crippen molar-refractivity contribution >= 4 is 0 Å². The second-order valence-electron chi connectivity index (χ2n) is 6.03. The van der Waals surface area contributed by atoms with E-state index in [0.29, 0.717) is 5.41 Å². The maximum atomic E-state index is 10.0. The largest absolute Gasteiger partial charge is 0.388 e. The lowest BCUT2D eigenvalue weighted by Crippen LogP contribution is -2.27. The zero-order valence-corrected chi connectivity index (χ0v) is 10.9. The highest BCUT2D eigenvalue weighted by Crippen LogP contribution is 2.60. The Bertz CT molecular complexity index is 381. The van der Waals surface area contributed by atoms with Gasteiger partial charge in [0.2, 0.25) is 0 Å². The Kier molecular flexibility index (Phi) is 3.40. The summed E-state index contributed by atoms with van der Waals surface area (Å²) in [6.07, 6.45) is 6.24.